The number of nitrogens with two attached hydrogens (primary N) is 1. The standard InChI is InChI=1S/C11H17ClN2S.ClH/c12-11-10(3-6-15-11)8-14-4-1-9(7-13)2-5-14;/h3,6,9H,1-2,4-5,7-8,13H2;1H. The van der Waals surface area contributed by atoms with Gasteiger partial charge in [-0.3, -0.25) is 4.90 Å². The van der Waals surface area contributed by atoms with Crippen LogP contribution in [0.5, 0.6) is 0 Å². The van der Waals surface area contributed by atoms with Crippen LogP contribution in [0.1, 0.15) is 18.4 Å². The third kappa shape index (κ3) is 3.60. The van der Waals surface area contributed by atoms with Crippen molar-refractivity contribution in [2.75, 3.05) is 19.6 Å². The average molecular weight is 281 g/mol. The van der Waals surface area contributed by atoms with Crippen molar-refractivity contribution in [2.45, 2.75) is 19.4 Å². The number of thiophene rings is 1. The highest BCUT2D eigenvalue weighted by molar-refractivity contribution is 7.14. The number of piperidine rings is 1. The maximum Gasteiger partial charge on any atom is 0.0973 e. The van der Waals surface area contributed by atoms with E-state index in [1.807, 2.05) is 0 Å². The fourth-order valence-electron chi connectivity index (χ4n) is 2.05. The van der Waals surface area contributed by atoms with Crippen LogP contribution in [-0.4, -0.2) is 24.5 Å². The first-order valence-corrected chi connectivity index (χ1v) is 6.69. The van der Waals surface area contributed by atoms with Crippen LogP contribution < -0.4 is 5.73 Å². The lowest BCUT2D eigenvalue weighted by Crippen LogP contribution is -2.35. The molecule has 2 heterocycles. The van der Waals surface area contributed by atoms with Gasteiger partial charge in [-0.15, -0.1) is 23.7 Å². The number of nitrogens with zero attached hydrogens (tertiary/aromatic N) is 1. The first-order chi connectivity index (χ1) is 7.29. The number of halogens is 2. The van der Waals surface area contributed by atoms with E-state index in [4.69, 9.17) is 17.3 Å². The van der Waals surface area contributed by atoms with E-state index in [0.29, 0.717) is 0 Å². The Balaban J connectivity index is 0.00000128. The predicted molar refractivity (Wildman–Crippen MR) is 73.6 cm³/mol. The molecule has 0 saturated carbocycles. The normalized spacial score (nSPS) is 18.4. The van der Waals surface area contributed by atoms with Gasteiger partial charge < -0.3 is 5.73 Å². The van der Waals surface area contributed by atoms with Crippen molar-refractivity contribution in [1.82, 2.24) is 4.90 Å². The SMILES string of the molecule is Cl.NCC1CCN(Cc2ccsc2Cl)CC1. The molecule has 1 aliphatic rings. The third-order valence-electron chi connectivity index (χ3n) is 3.13. The molecular formula is C11H18Cl2N2S. The monoisotopic (exact) mass is 280 g/mol. The van der Waals surface area contributed by atoms with Crippen LogP contribution in [0.15, 0.2) is 11.4 Å². The smallest absolute Gasteiger partial charge is 0.0973 e. The van der Waals surface area contributed by atoms with Crippen LogP contribution in [0.3, 0.4) is 0 Å². The molecule has 0 atom stereocenters. The molecule has 1 aromatic rings. The highest BCUT2D eigenvalue weighted by Crippen LogP contribution is 2.25. The van der Waals surface area contributed by atoms with Gasteiger partial charge in [0, 0.05) is 6.54 Å². The van der Waals surface area contributed by atoms with Crippen LogP contribution in [0.4, 0.5) is 0 Å². The molecule has 5 heteroatoms. The second-order valence-electron chi connectivity index (χ2n) is 4.17. The first kappa shape index (κ1) is 14.3. The molecule has 0 radical (unpaired) electrons. The van der Waals surface area contributed by atoms with Crippen LogP contribution in [-0.2, 0) is 6.54 Å². The molecule has 1 aliphatic heterocycles. The molecule has 2 nitrogen and oxygen atoms in total. The first-order valence-electron chi connectivity index (χ1n) is 5.44. The fourth-order valence-corrected chi connectivity index (χ4v) is 2.97. The Morgan fingerprint density at radius 3 is 2.62 bits per heavy atom. The van der Waals surface area contributed by atoms with E-state index < -0.39 is 0 Å². The summed E-state index contributed by atoms with van der Waals surface area (Å²) in [4.78, 5) is 2.47. The van der Waals surface area contributed by atoms with Crippen molar-refractivity contribution < 1.29 is 0 Å². The van der Waals surface area contributed by atoms with E-state index in [-0.39, 0.29) is 12.4 Å². The Labute approximate surface area is 112 Å². The zero-order chi connectivity index (χ0) is 10.7. The van der Waals surface area contributed by atoms with Crippen LogP contribution >= 0.6 is 35.3 Å². The van der Waals surface area contributed by atoms with Gasteiger partial charge in [-0.2, -0.15) is 0 Å². The summed E-state index contributed by atoms with van der Waals surface area (Å²) in [6.07, 6.45) is 2.47. The summed E-state index contributed by atoms with van der Waals surface area (Å²) in [6, 6.07) is 2.13. The maximum atomic E-state index is 6.09. The maximum absolute atomic E-state index is 6.09. The topological polar surface area (TPSA) is 29.3 Å². The predicted octanol–water partition coefficient (Wildman–Crippen LogP) is 2.99. The van der Waals surface area contributed by atoms with E-state index in [9.17, 15) is 0 Å². The van der Waals surface area contributed by atoms with Gasteiger partial charge in [0.05, 0.1) is 4.34 Å². The number of hydrogen-bond acceptors (Lipinski definition) is 3. The van der Waals surface area contributed by atoms with Gasteiger partial charge in [0.1, 0.15) is 0 Å². The minimum absolute atomic E-state index is 0. The van der Waals surface area contributed by atoms with Crippen LogP contribution in [0.25, 0.3) is 0 Å². The van der Waals surface area contributed by atoms with Crippen molar-refractivity contribution in [3.63, 3.8) is 0 Å². The van der Waals surface area contributed by atoms with Crippen LogP contribution in [0.2, 0.25) is 4.34 Å². The zero-order valence-electron chi connectivity index (χ0n) is 9.19. The number of rotatable bonds is 3. The van der Waals surface area contributed by atoms with Gasteiger partial charge in [-0.05, 0) is 55.4 Å². The fraction of sp³-hybridized carbons (Fsp3) is 0.636. The summed E-state index contributed by atoms with van der Waals surface area (Å²) in [5.74, 6) is 0.735. The lowest BCUT2D eigenvalue weighted by molar-refractivity contribution is 0.180. The highest BCUT2D eigenvalue weighted by Gasteiger charge is 2.18. The molecular weight excluding hydrogens is 263 g/mol. The lowest BCUT2D eigenvalue weighted by Gasteiger charge is -2.31. The molecule has 2 rings (SSSR count). The Morgan fingerprint density at radius 1 is 1.44 bits per heavy atom. The Kier molecular flexibility index (Phi) is 6.08. The molecule has 16 heavy (non-hydrogen) atoms. The Hall–Kier alpha value is 0.200. The largest absolute Gasteiger partial charge is 0.330 e. The summed E-state index contributed by atoms with van der Waals surface area (Å²) in [7, 11) is 0. The van der Waals surface area contributed by atoms with Gasteiger partial charge in [0.15, 0.2) is 0 Å². The van der Waals surface area contributed by atoms with E-state index in [2.05, 4.69) is 16.3 Å². The highest BCUT2D eigenvalue weighted by atomic mass is 35.5. The zero-order valence-corrected chi connectivity index (χ0v) is 11.6. The quantitative estimate of drug-likeness (QED) is 0.923. The number of likely N-dealkylation sites (tertiary alicyclic amines) is 1. The van der Waals surface area contributed by atoms with E-state index in [0.717, 1.165) is 36.4 Å². The average Bonchev–Trinajstić information content (AvgIpc) is 2.66. The van der Waals surface area contributed by atoms with Crippen molar-refractivity contribution >= 4 is 35.3 Å². The molecule has 0 aliphatic carbocycles. The Morgan fingerprint density at radius 2 is 2.12 bits per heavy atom. The molecule has 0 unspecified atom stereocenters. The van der Waals surface area contributed by atoms with E-state index in [1.54, 1.807) is 11.3 Å². The molecule has 1 aromatic heterocycles. The summed E-state index contributed by atoms with van der Waals surface area (Å²) in [6.45, 7) is 4.16. The molecule has 92 valence electrons. The Bertz CT molecular complexity index is 309. The summed E-state index contributed by atoms with van der Waals surface area (Å²) in [5.41, 5.74) is 6.94. The molecule has 2 N–H and O–H groups in total. The van der Waals surface area contributed by atoms with Gasteiger partial charge in [-0.1, -0.05) is 11.6 Å². The summed E-state index contributed by atoms with van der Waals surface area (Å²) >= 11 is 7.70. The molecule has 0 amide bonds. The number of hydrogen-bond donors (Lipinski definition) is 1. The minimum atomic E-state index is 0. The molecule has 0 bridgehead atoms. The molecule has 1 saturated heterocycles. The van der Waals surface area contributed by atoms with Crippen molar-refractivity contribution in [1.29, 1.82) is 0 Å². The van der Waals surface area contributed by atoms with Gasteiger partial charge in [-0.25, -0.2) is 0 Å². The van der Waals surface area contributed by atoms with E-state index in [1.165, 1.54) is 18.4 Å². The van der Waals surface area contributed by atoms with Crippen molar-refractivity contribution in [3.8, 4) is 0 Å². The lowest BCUT2D eigenvalue weighted by atomic mass is 9.97. The van der Waals surface area contributed by atoms with Crippen molar-refractivity contribution in [2.24, 2.45) is 11.7 Å². The minimum Gasteiger partial charge on any atom is -0.330 e. The van der Waals surface area contributed by atoms with Gasteiger partial charge in [0.2, 0.25) is 0 Å². The second kappa shape index (κ2) is 6.82. The van der Waals surface area contributed by atoms with Gasteiger partial charge >= 0.3 is 0 Å². The third-order valence-corrected chi connectivity index (χ3v) is 4.38. The summed E-state index contributed by atoms with van der Waals surface area (Å²) in [5, 5.41) is 2.06. The summed E-state index contributed by atoms with van der Waals surface area (Å²) < 4.78 is 0.941. The molecule has 1 fully saturated rings. The van der Waals surface area contributed by atoms with E-state index >= 15 is 0 Å². The molecule has 0 aromatic carbocycles. The van der Waals surface area contributed by atoms with Gasteiger partial charge in [0.25, 0.3) is 0 Å². The van der Waals surface area contributed by atoms with Crippen molar-refractivity contribution in [3.05, 3.63) is 21.3 Å². The molecule has 0 spiro atoms. The van der Waals surface area contributed by atoms with Crippen LogP contribution in [0, 0.1) is 5.92 Å². The second-order valence-corrected chi connectivity index (χ2v) is 5.69.